The highest BCUT2D eigenvalue weighted by molar-refractivity contribution is 6.39. The summed E-state index contributed by atoms with van der Waals surface area (Å²) in [6.45, 7) is 6.97. The zero-order valence-electron chi connectivity index (χ0n) is 16.5. The Bertz CT molecular complexity index is 763. The monoisotopic (exact) mass is 407 g/mol. The third-order valence-electron chi connectivity index (χ3n) is 4.79. The Balaban J connectivity index is 1.47. The summed E-state index contributed by atoms with van der Waals surface area (Å²) in [5.74, 6) is -0.235. The fraction of sp³-hybridized carbons (Fsp3) is 0.550. The van der Waals surface area contributed by atoms with Gasteiger partial charge in [0.15, 0.2) is 0 Å². The number of piperidine rings is 1. The van der Waals surface area contributed by atoms with Crippen molar-refractivity contribution in [2.75, 3.05) is 13.1 Å². The van der Waals surface area contributed by atoms with Crippen LogP contribution < -0.4 is 5.32 Å². The predicted molar refractivity (Wildman–Crippen MR) is 106 cm³/mol. The molecular formula is C20H26ClN3O4. The first-order chi connectivity index (χ1) is 13.2. The topological polar surface area (TPSA) is 80.2 Å². The van der Waals surface area contributed by atoms with Crippen LogP contribution in [0.1, 0.15) is 45.6 Å². The van der Waals surface area contributed by atoms with Crippen molar-refractivity contribution in [3.63, 3.8) is 0 Å². The first-order valence-electron chi connectivity index (χ1n) is 9.41. The lowest BCUT2D eigenvalue weighted by Crippen LogP contribution is -2.48. The zero-order valence-corrected chi connectivity index (χ0v) is 17.2. The largest absolute Gasteiger partial charge is 0.444 e. The summed E-state index contributed by atoms with van der Waals surface area (Å²) in [5, 5.41) is 7.53. The number of oxime groups is 1. The molecule has 0 radical (unpaired) electrons. The molecule has 1 aromatic rings. The van der Waals surface area contributed by atoms with Gasteiger partial charge in [-0.15, -0.1) is 0 Å². The van der Waals surface area contributed by atoms with Crippen molar-refractivity contribution in [1.29, 1.82) is 0 Å². The maximum atomic E-state index is 12.4. The number of carbonyl (C=O) groups excluding carboxylic acids is 2. The van der Waals surface area contributed by atoms with Crippen molar-refractivity contribution in [2.45, 2.75) is 57.8 Å². The predicted octanol–water partition coefficient (Wildman–Crippen LogP) is 3.50. The first kappa shape index (κ1) is 20.5. The number of hydrogen-bond acceptors (Lipinski definition) is 5. The van der Waals surface area contributed by atoms with E-state index in [1.807, 2.05) is 32.9 Å². The molecule has 0 atom stereocenters. The SMILES string of the molecule is CC(C)(C)OC(=O)N1CCC2(CC1)CC(C(=O)NCc1ccc(Cl)cc1)=NO2. The molecule has 1 spiro atoms. The molecule has 0 bridgehead atoms. The lowest BCUT2D eigenvalue weighted by molar-refractivity contribution is -0.115. The molecule has 0 aromatic heterocycles. The van der Waals surface area contributed by atoms with Gasteiger partial charge < -0.3 is 19.8 Å². The van der Waals surface area contributed by atoms with Gasteiger partial charge in [-0.2, -0.15) is 0 Å². The second-order valence-corrected chi connectivity index (χ2v) is 8.70. The Morgan fingerprint density at radius 1 is 1.25 bits per heavy atom. The number of nitrogens with zero attached hydrogens (tertiary/aromatic N) is 2. The minimum Gasteiger partial charge on any atom is -0.444 e. The van der Waals surface area contributed by atoms with Gasteiger partial charge in [-0.3, -0.25) is 4.79 Å². The molecule has 2 heterocycles. The minimum atomic E-state index is -0.519. The highest BCUT2D eigenvalue weighted by Gasteiger charge is 2.45. The summed E-state index contributed by atoms with van der Waals surface area (Å²) >= 11 is 5.87. The Morgan fingerprint density at radius 2 is 1.89 bits per heavy atom. The number of ether oxygens (including phenoxy) is 1. The fourth-order valence-corrected chi connectivity index (χ4v) is 3.35. The van der Waals surface area contributed by atoms with Crippen LogP contribution in [-0.2, 0) is 20.9 Å². The summed E-state index contributed by atoms with van der Waals surface area (Å²) in [6.07, 6.45) is 1.36. The van der Waals surface area contributed by atoms with Gasteiger partial charge in [-0.05, 0) is 38.5 Å². The van der Waals surface area contributed by atoms with Crippen LogP contribution >= 0.6 is 11.6 Å². The van der Waals surface area contributed by atoms with Crippen molar-refractivity contribution in [3.05, 3.63) is 34.9 Å². The van der Waals surface area contributed by atoms with Crippen LogP contribution in [0, 0.1) is 0 Å². The summed E-state index contributed by atoms with van der Waals surface area (Å²) in [5.41, 5.74) is 0.317. The van der Waals surface area contributed by atoms with Crippen LogP contribution in [0.4, 0.5) is 4.79 Å². The number of benzene rings is 1. The van der Waals surface area contributed by atoms with E-state index in [1.54, 1.807) is 17.0 Å². The first-order valence-corrected chi connectivity index (χ1v) is 9.79. The van der Waals surface area contributed by atoms with Crippen molar-refractivity contribution in [1.82, 2.24) is 10.2 Å². The van der Waals surface area contributed by atoms with Gasteiger partial charge in [0.1, 0.15) is 16.9 Å². The van der Waals surface area contributed by atoms with Gasteiger partial charge in [-0.25, -0.2) is 4.79 Å². The Labute approximate surface area is 170 Å². The summed E-state index contributed by atoms with van der Waals surface area (Å²) < 4.78 is 5.41. The zero-order chi connectivity index (χ0) is 20.4. The highest BCUT2D eigenvalue weighted by atomic mass is 35.5. The molecule has 3 rings (SSSR count). The smallest absolute Gasteiger partial charge is 0.410 e. The number of amides is 2. The molecule has 0 unspecified atom stereocenters. The molecule has 152 valence electrons. The van der Waals surface area contributed by atoms with E-state index >= 15 is 0 Å². The third-order valence-corrected chi connectivity index (χ3v) is 5.05. The molecule has 2 amide bonds. The van der Waals surface area contributed by atoms with Gasteiger partial charge >= 0.3 is 6.09 Å². The molecule has 1 N–H and O–H groups in total. The number of nitrogens with one attached hydrogen (secondary N) is 1. The lowest BCUT2D eigenvalue weighted by Gasteiger charge is -2.37. The molecule has 1 fully saturated rings. The second kappa shape index (κ2) is 7.99. The molecule has 0 aliphatic carbocycles. The standard InChI is InChI=1S/C20H26ClN3O4/c1-19(2,3)27-18(26)24-10-8-20(9-11-24)12-16(23-28-20)17(25)22-13-14-4-6-15(21)7-5-14/h4-7H,8-13H2,1-3H3,(H,22,25). The Kier molecular flexibility index (Phi) is 5.84. The fourth-order valence-electron chi connectivity index (χ4n) is 3.22. The summed E-state index contributed by atoms with van der Waals surface area (Å²) in [7, 11) is 0. The van der Waals surface area contributed by atoms with Crippen LogP contribution in [-0.4, -0.2) is 46.9 Å². The van der Waals surface area contributed by atoms with Gasteiger partial charge in [0, 0.05) is 43.9 Å². The molecule has 1 aromatic carbocycles. The quantitative estimate of drug-likeness (QED) is 0.831. The number of halogens is 1. The van der Waals surface area contributed by atoms with Gasteiger partial charge in [0.25, 0.3) is 5.91 Å². The Hall–Kier alpha value is -2.28. The maximum absolute atomic E-state index is 12.4. The van der Waals surface area contributed by atoms with Crippen molar-refractivity contribution in [3.8, 4) is 0 Å². The van der Waals surface area contributed by atoms with E-state index in [9.17, 15) is 9.59 Å². The molecule has 28 heavy (non-hydrogen) atoms. The lowest BCUT2D eigenvalue weighted by atomic mass is 9.87. The van der Waals surface area contributed by atoms with Gasteiger partial charge in [0.05, 0.1) is 0 Å². The van der Waals surface area contributed by atoms with E-state index in [2.05, 4.69) is 10.5 Å². The molecule has 7 nitrogen and oxygen atoms in total. The molecule has 0 saturated carbocycles. The van der Waals surface area contributed by atoms with Crippen molar-refractivity contribution >= 4 is 29.3 Å². The van der Waals surface area contributed by atoms with Crippen LogP contribution in [0.2, 0.25) is 5.02 Å². The van der Waals surface area contributed by atoms with E-state index in [4.69, 9.17) is 21.2 Å². The van der Waals surface area contributed by atoms with Gasteiger partial charge in [-0.1, -0.05) is 28.9 Å². The molecule has 1 saturated heterocycles. The molecule has 2 aliphatic heterocycles. The summed E-state index contributed by atoms with van der Waals surface area (Å²) in [6, 6.07) is 7.30. The number of hydrogen-bond donors (Lipinski definition) is 1. The van der Waals surface area contributed by atoms with Crippen molar-refractivity contribution in [2.24, 2.45) is 5.16 Å². The Morgan fingerprint density at radius 3 is 2.50 bits per heavy atom. The average molecular weight is 408 g/mol. The molecular weight excluding hydrogens is 382 g/mol. The van der Waals surface area contributed by atoms with Crippen LogP contribution in [0.3, 0.4) is 0 Å². The van der Waals surface area contributed by atoms with Crippen molar-refractivity contribution < 1.29 is 19.2 Å². The normalized spacial score (nSPS) is 18.4. The van der Waals surface area contributed by atoms with E-state index in [-0.39, 0.29) is 12.0 Å². The van der Waals surface area contributed by atoms with E-state index in [1.165, 1.54) is 0 Å². The summed E-state index contributed by atoms with van der Waals surface area (Å²) in [4.78, 5) is 31.9. The third kappa shape index (κ3) is 5.16. The number of carbonyl (C=O) groups is 2. The molecule has 8 heteroatoms. The van der Waals surface area contributed by atoms with Gasteiger partial charge in [0.2, 0.25) is 0 Å². The number of rotatable bonds is 3. The average Bonchev–Trinajstić information content (AvgIpc) is 3.04. The van der Waals surface area contributed by atoms with Crippen LogP contribution in [0.5, 0.6) is 0 Å². The van der Waals surface area contributed by atoms with E-state index < -0.39 is 11.2 Å². The molecule has 2 aliphatic rings. The van der Waals surface area contributed by atoms with Crippen LogP contribution in [0.25, 0.3) is 0 Å². The second-order valence-electron chi connectivity index (χ2n) is 8.27. The van der Waals surface area contributed by atoms with Crippen LogP contribution in [0.15, 0.2) is 29.4 Å². The highest BCUT2D eigenvalue weighted by Crippen LogP contribution is 2.35. The number of likely N-dealkylation sites (tertiary alicyclic amines) is 1. The van der Waals surface area contributed by atoms with E-state index in [0.717, 1.165) is 5.56 Å². The maximum Gasteiger partial charge on any atom is 0.410 e. The minimum absolute atomic E-state index is 0.235. The van der Waals surface area contributed by atoms with E-state index in [0.29, 0.717) is 49.6 Å².